The summed E-state index contributed by atoms with van der Waals surface area (Å²) in [5.74, 6) is 0. The zero-order valence-corrected chi connectivity index (χ0v) is 9.73. The quantitative estimate of drug-likeness (QED) is 0.801. The van der Waals surface area contributed by atoms with Crippen molar-refractivity contribution in [3.63, 3.8) is 0 Å². The van der Waals surface area contributed by atoms with Crippen molar-refractivity contribution >= 4 is 11.0 Å². The van der Waals surface area contributed by atoms with Gasteiger partial charge in [0.25, 0.3) is 0 Å². The van der Waals surface area contributed by atoms with Gasteiger partial charge in [-0.3, -0.25) is 0 Å². The normalized spacial score (nSPS) is 14.0. The minimum atomic E-state index is -1.36. The number of benzene rings is 1. The Hall–Kier alpha value is -0.670. The summed E-state index contributed by atoms with van der Waals surface area (Å²) < 4.78 is 10.9. The van der Waals surface area contributed by atoms with E-state index in [4.69, 9.17) is 5.14 Å². The summed E-state index contributed by atoms with van der Waals surface area (Å²) in [4.78, 5) is 0.683. The topological polar surface area (TPSA) is 43.1 Å². The van der Waals surface area contributed by atoms with E-state index in [-0.39, 0.29) is 5.41 Å². The molecule has 78 valence electrons. The van der Waals surface area contributed by atoms with E-state index in [9.17, 15) is 4.21 Å². The smallest absolute Gasteiger partial charge is 0.122 e. The molecule has 1 unspecified atom stereocenters. The third-order valence-electron chi connectivity index (χ3n) is 1.89. The zero-order valence-electron chi connectivity index (χ0n) is 8.91. The van der Waals surface area contributed by atoms with E-state index in [1.807, 2.05) is 24.3 Å². The third-order valence-corrected chi connectivity index (χ3v) is 2.63. The Balaban J connectivity index is 2.79. The highest BCUT2D eigenvalue weighted by Gasteiger charge is 2.11. The van der Waals surface area contributed by atoms with Crippen LogP contribution in [0.3, 0.4) is 0 Å². The molecule has 0 aliphatic heterocycles. The molecule has 0 saturated heterocycles. The molecule has 0 spiro atoms. The van der Waals surface area contributed by atoms with Crippen LogP contribution in [0.4, 0.5) is 0 Å². The first kappa shape index (κ1) is 11.4. The van der Waals surface area contributed by atoms with Crippen LogP contribution in [0.2, 0.25) is 0 Å². The second-order valence-corrected chi connectivity index (χ2v) is 5.75. The van der Waals surface area contributed by atoms with Crippen molar-refractivity contribution < 1.29 is 4.21 Å². The van der Waals surface area contributed by atoms with E-state index in [1.165, 1.54) is 5.56 Å². The molecule has 2 nitrogen and oxygen atoms in total. The molecule has 0 bridgehead atoms. The summed E-state index contributed by atoms with van der Waals surface area (Å²) in [6, 6.07) is 7.64. The molecule has 0 saturated carbocycles. The number of nitrogens with two attached hydrogens (primary N) is 1. The van der Waals surface area contributed by atoms with Crippen LogP contribution >= 0.6 is 0 Å². The fourth-order valence-electron chi connectivity index (χ4n) is 1.35. The van der Waals surface area contributed by atoms with Gasteiger partial charge in [-0.15, -0.1) is 0 Å². The Kier molecular flexibility index (Phi) is 3.45. The second-order valence-electron chi connectivity index (χ2n) is 4.68. The van der Waals surface area contributed by atoms with Gasteiger partial charge in [0, 0.05) is 0 Å². The van der Waals surface area contributed by atoms with E-state index < -0.39 is 11.0 Å². The van der Waals surface area contributed by atoms with Crippen LogP contribution < -0.4 is 5.14 Å². The van der Waals surface area contributed by atoms with Gasteiger partial charge in [0.05, 0.1) is 4.90 Å². The van der Waals surface area contributed by atoms with Crippen molar-refractivity contribution in [3.8, 4) is 0 Å². The Morgan fingerprint density at radius 3 is 2.07 bits per heavy atom. The standard InChI is InChI=1S/C11H17NOS/c1-11(2,3)8-9-4-6-10(7-5-9)14(12)13/h4-7H,8,12H2,1-3H3. The summed E-state index contributed by atoms with van der Waals surface area (Å²) in [5, 5.41) is 5.26. The lowest BCUT2D eigenvalue weighted by molar-refractivity contribution is 0.411. The molecule has 1 rings (SSSR count). The predicted octanol–water partition coefficient (Wildman–Crippen LogP) is 2.26. The summed E-state index contributed by atoms with van der Waals surface area (Å²) in [5.41, 5.74) is 1.54. The van der Waals surface area contributed by atoms with Gasteiger partial charge >= 0.3 is 0 Å². The fourth-order valence-corrected chi connectivity index (χ4v) is 1.76. The van der Waals surface area contributed by atoms with Gasteiger partial charge < -0.3 is 0 Å². The van der Waals surface area contributed by atoms with Crippen LogP contribution in [0.15, 0.2) is 29.2 Å². The number of hydrogen-bond acceptors (Lipinski definition) is 1. The van der Waals surface area contributed by atoms with Gasteiger partial charge in [0.15, 0.2) is 0 Å². The lowest BCUT2D eigenvalue weighted by Crippen LogP contribution is -2.09. The Morgan fingerprint density at radius 2 is 1.71 bits per heavy atom. The largest absolute Gasteiger partial charge is 0.248 e. The zero-order chi connectivity index (χ0) is 10.8. The molecule has 0 aliphatic rings. The molecule has 1 aromatic rings. The van der Waals surface area contributed by atoms with Gasteiger partial charge in [-0.25, -0.2) is 9.35 Å². The minimum Gasteiger partial charge on any atom is -0.248 e. The summed E-state index contributed by atoms with van der Waals surface area (Å²) in [6.45, 7) is 6.59. The maximum atomic E-state index is 10.9. The summed E-state index contributed by atoms with van der Waals surface area (Å²) in [7, 11) is -1.36. The third kappa shape index (κ3) is 3.60. The monoisotopic (exact) mass is 211 g/mol. The van der Waals surface area contributed by atoms with Crippen LogP contribution in [0.5, 0.6) is 0 Å². The van der Waals surface area contributed by atoms with Gasteiger partial charge in [0.1, 0.15) is 11.0 Å². The van der Waals surface area contributed by atoms with E-state index in [1.54, 1.807) is 0 Å². The van der Waals surface area contributed by atoms with Gasteiger partial charge in [-0.05, 0) is 29.5 Å². The molecular formula is C11H17NOS. The maximum Gasteiger partial charge on any atom is 0.122 e. The molecule has 0 fully saturated rings. The highest BCUT2D eigenvalue weighted by molar-refractivity contribution is 7.82. The SMILES string of the molecule is CC(C)(C)Cc1ccc(S(N)=O)cc1. The van der Waals surface area contributed by atoms with Crippen molar-refractivity contribution in [1.82, 2.24) is 0 Å². The fraction of sp³-hybridized carbons (Fsp3) is 0.455. The van der Waals surface area contributed by atoms with E-state index in [0.29, 0.717) is 4.90 Å². The summed E-state index contributed by atoms with van der Waals surface area (Å²) >= 11 is 0. The molecule has 14 heavy (non-hydrogen) atoms. The molecule has 1 aromatic carbocycles. The lowest BCUT2D eigenvalue weighted by Gasteiger charge is -2.17. The second kappa shape index (κ2) is 4.24. The summed E-state index contributed by atoms with van der Waals surface area (Å²) in [6.07, 6.45) is 1.02. The lowest BCUT2D eigenvalue weighted by atomic mass is 9.88. The first-order chi connectivity index (χ1) is 6.38. The molecule has 2 N–H and O–H groups in total. The molecule has 0 heterocycles. The van der Waals surface area contributed by atoms with Crippen molar-refractivity contribution in [2.45, 2.75) is 32.1 Å². The van der Waals surface area contributed by atoms with Crippen LogP contribution in [0, 0.1) is 5.41 Å². The van der Waals surface area contributed by atoms with Gasteiger partial charge in [0.2, 0.25) is 0 Å². The molecule has 0 amide bonds. The number of rotatable bonds is 2. The van der Waals surface area contributed by atoms with E-state index >= 15 is 0 Å². The average molecular weight is 211 g/mol. The van der Waals surface area contributed by atoms with Gasteiger partial charge in [-0.2, -0.15) is 0 Å². The van der Waals surface area contributed by atoms with Gasteiger partial charge in [-0.1, -0.05) is 32.9 Å². The molecule has 1 atom stereocenters. The molecule has 0 radical (unpaired) electrons. The van der Waals surface area contributed by atoms with Crippen LogP contribution in [0.25, 0.3) is 0 Å². The Bertz CT molecular complexity index is 324. The molecule has 3 heteroatoms. The Labute approximate surface area is 88.1 Å². The molecular weight excluding hydrogens is 194 g/mol. The number of hydrogen-bond donors (Lipinski definition) is 1. The predicted molar refractivity (Wildman–Crippen MR) is 60.2 cm³/mol. The van der Waals surface area contributed by atoms with Crippen molar-refractivity contribution in [1.29, 1.82) is 0 Å². The van der Waals surface area contributed by atoms with Crippen molar-refractivity contribution in [3.05, 3.63) is 29.8 Å². The maximum absolute atomic E-state index is 10.9. The van der Waals surface area contributed by atoms with Crippen molar-refractivity contribution in [2.75, 3.05) is 0 Å². The first-order valence-electron chi connectivity index (χ1n) is 4.63. The highest BCUT2D eigenvalue weighted by atomic mass is 32.2. The Morgan fingerprint density at radius 1 is 1.21 bits per heavy atom. The average Bonchev–Trinajstić information content (AvgIpc) is 2.02. The minimum absolute atomic E-state index is 0.281. The van der Waals surface area contributed by atoms with E-state index in [0.717, 1.165) is 6.42 Å². The highest BCUT2D eigenvalue weighted by Crippen LogP contribution is 2.20. The molecule has 0 aliphatic carbocycles. The first-order valence-corrected chi connectivity index (χ1v) is 5.85. The van der Waals surface area contributed by atoms with E-state index in [2.05, 4.69) is 20.8 Å². The van der Waals surface area contributed by atoms with Crippen LogP contribution in [-0.2, 0) is 17.4 Å². The van der Waals surface area contributed by atoms with Crippen molar-refractivity contribution in [2.24, 2.45) is 10.6 Å². The van der Waals surface area contributed by atoms with Crippen LogP contribution in [0.1, 0.15) is 26.3 Å². The van der Waals surface area contributed by atoms with Crippen LogP contribution in [-0.4, -0.2) is 4.21 Å². The molecule has 0 aromatic heterocycles.